The zero-order valence-electron chi connectivity index (χ0n) is 8.99. The van der Waals surface area contributed by atoms with E-state index >= 15 is 0 Å². The minimum Gasteiger partial charge on any atom is -0.477 e. The maximum absolute atomic E-state index is 10.8. The predicted molar refractivity (Wildman–Crippen MR) is 58.4 cm³/mol. The van der Waals surface area contributed by atoms with Gasteiger partial charge in [0.05, 0.1) is 11.3 Å². The molecule has 0 aliphatic rings. The van der Waals surface area contributed by atoms with E-state index in [0.717, 1.165) is 0 Å². The Balaban J connectivity index is 2.48. The van der Waals surface area contributed by atoms with Crippen LogP contribution in [-0.4, -0.2) is 32.1 Å². The summed E-state index contributed by atoms with van der Waals surface area (Å²) in [7, 11) is 0. The van der Waals surface area contributed by atoms with Gasteiger partial charge in [-0.2, -0.15) is 5.10 Å². The number of aromatic carboxylic acids is 1. The molecule has 0 radical (unpaired) electrons. The smallest absolute Gasteiger partial charge is 0.354 e. The van der Waals surface area contributed by atoms with Crippen LogP contribution >= 0.6 is 0 Å². The third-order valence-electron chi connectivity index (χ3n) is 2.25. The molecule has 2 heterocycles. The van der Waals surface area contributed by atoms with Gasteiger partial charge in [-0.15, -0.1) is 0 Å². The summed E-state index contributed by atoms with van der Waals surface area (Å²) >= 11 is 0. The molecule has 0 aromatic carbocycles. The van der Waals surface area contributed by atoms with Crippen LogP contribution in [0.3, 0.4) is 0 Å². The maximum Gasteiger partial charge on any atom is 0.354 e. The zero-order valence-corrected chi connectivity index (χ0v) is 8.99. The van der Waals surface area contributed by atoms with E-state index in [2.05, 4.69) is 10.1 Å². The maximum atomic E-state index is 10.8. The van der Waals surface area contributed by atoms with Crippen molar-refractivity contribution >= 4 is 12.3 Å². The molecule has 0 aliphatic carbocycles. The van der Waals surface area contributed by atoms with Crippen molar-refractivity contribution in [1.29, 1.82) is 0 Å². The standard InChI is InChI=1S/C11H9N3O3/c1-7-8(6-15)5-14(13-7)10-4-2-3-9(12-10)11(16)17/h2-6H,1H3,(H,16,17). The largest absolute Gasteiger partial charge is 0.477 e. The molecule has 2 rings (SSSR count). The molecular formula is C11H9N3O3. The molecule has 17 heavy (non-hydrogen) atoms. The van der Waals surface area contributed by atoms with E-state index in [4.69, 9.17) is 5.11 Å². The molecule has 0 atom stereocenters. The minimum atomic E-state index is -1.11. The topological polar surface area (TPSA) is 85.1 Å². The van der Waals surface area contributed by atoms with Crippen LogP contribution < -0.4 is 0 Å². The highest BCUT2D eigenvalue weighted by molar-refractivity contribution is 5.85. The van der Waals surface area contributed by atoms with E-state index in [1.807, 2.05) is 0 Å². The first-order valence-electron chi connectivity index (χ1n) is 4.84. The highest BCUT2D eigenvalue weighted by atomic mass is 16.4. The van der Waals surface area contributed by atoms with E-state index in [9.17, 15) is 9.59 Å². The molecule has 0 amide bonds. The number of pyridine rings is 1. The van der Waals surface area contributed by atoms with E-state index in [1.165, 1.54) is 16.9 Å². The lowest BCUT2D eigenvalue weighted by Gasteiger charge is -2.00. The normalized spacial score (nSPS) is 10.2. The number of carbonyl (C=O) groups is 2. The van der Waals surface area contributed by atoms with Gasteiger partial charge in [0.15, 0.2) is 17.8 Å². The summed E-state index contributed by atoms with van der Waals surface area (Å²) in [5, 5.41) is 12.9. The van der Waals surface area contributed by atoms with Crippen LogP contribution in [0.2, 0.25) is 0 Å². The van der Waals surface area contributed by atoms with Crippen LogP contribution in [0.1, 0.15) is 26.5 Å². The van der Waals surface area contributed by atoms with Crippen molar-refractivity contribution in [3.8, 4) is 5.82 Å². The van der Waals surface area contributed by atoms with Crippen LogP contribution in [0.25, 0.3) is 5.82 Å². The fourth-order valence-corrected chi connectivity index (χ4v) is 1.38. The van der Waals surface area contributed by atoms with Gasteiger partial charge in [-0.1, -0.05) is 6.07 Å². The highest BCUT2D eigenvalue weighted by Crippen LogP contribution is 2.09. The van der Waals surface area contributed by atoms with Crippen LogP contribution in [0.4, 0.5) is 0 Å². The van der Waals surface area contributed by atoms with Gasteiger partial charge < -0.3 is 5.11 Å². The molecule has 0 bridgehead atoms. The van der Waals surface area contributed by atoms with Crippen molar-refractivity contribution in [2.24, 2.45) is 0 Å². The van der Waals surface area contributed by atoms with Crippen molar-refractivity contribution in [2.75, 3.05) is 0 Å². The summed E-state index contributed by atoms with van der Waals surface area (Å²) in [6.45, 7) is 1.70. The summed E-state index contributed by atoms with van der Waals surface area (Å²) < 4.78 is 1.38. The Bertz CT molecular complexity index is 589. The van der Waals surface area contributed by atoms with Crippen molar-refractivity contribution in [3.05, 3.63) is 41.3 Å². The minimum absolute atomic E-state index is 0.0664. The number of hydrogen-bond donors (Lipinski definition) is 1. The Hall–Kier alpha value is -2.50. The molecule has 2 aromatic rings. The third-order valence-corrected chi connectivity index (χ3v) is 2.25. The van der Waals surface area contributed by atoms with Gasteiger partial charge in [0.25, 0.3) is 0 Å². The molecule has 1 N–H and O–H groups in total. The molecule has 86 valence electrons. The fraction of sp³-hybridized carbons (Fsp3) is 0.0909. The average molecular weight is 231 g/mol. The molecule has 2 aromatic heterocycles. The van der Waals surface area contributed by atoms with E-state index in [0.29, 0.717) is 23.4 Å². The number of carboxylic acids is 1. The second-order valence-electron chi connectivity index (χ2n) is 3.42. The van der Waals surface area contributed by atoms with Crippen LogP contribution in [0.15, 0.2) is 24.4 Å². The molecule has 0 unspecified atom stereocenters. The van der Waals surface area contributed by atoms with Gasteiger partial charge in [0, 0.05) is 6.20 Å². The SMILES string of the molecule is Cc1nn(-c2cccc(C(=O)O)n2)cc1C=O. The zero-order chi connectivity index (χ0) is 12.4. The summed E-state index contributed by atoms with van der Waals surface area (Å²) in [6.07, 6.45) is 2.20. The van der Waals surface area contributed by atoms with E-state index in [1.54, 1.807) is 19.1 Å². The number of hydrogen-bond acceptors (Lipinski definition) is 4. The lowest BCUT2D eigenvalue weighted by molar-refractivity contribution is 0.0690. The molecule has 0 saturated heterocycles. The first-order chi connectivity index (χ1) is 8.11. The van der Waals surface area contributed by atoms with Crippen LogP contribution in [0.5, 0.6) is 0 Å². The lowest BCUT2D eigenvalue weighted by Crippen LogP contribution is -2.05. The van der Waals surface area contributed by atoms with Gasteiger partial charge in [-0.3, -0.25) is 4.79 Å². The fourth-order valence-electron chi connectivity index (χ4n) is 1.38. The Labute approximate surface area is 96.5 Å². The summed E-state index contributed by atoms with van der Waals surface area (Å²) in [4.78, 5) is 25.4. The molecule has 0 saturated carbocycles. The number of aldehydes is 1. The van der Waals surface area contributed by atoms with E-state index < -0.39 is 5.97 Å². The van der Waals surface area contributed by atoms with Crippen LogP contribution in [0, 0.1) is 6.92 Å². The van der Waals surface area contributed by atoms with Gasteiger partial charge >= 0.3 is 5.97 Å². The van der Waals surface area contributed by atoms with E-state index in [-0.39, 0.29) is 5.69 Å². The molecule has 0 fully saturated rings. The summed E-state index contributed by atoms with van der Waals surface area (Å²) in [5.41, 5.74) is 0.957. The summed E-state index contributed by atoms with van der Waals surface area (Å²) in [6, 6.07) is 4.58. The second kappa shape index (κ2) is 4.17. The van der Waals surface area contributed by atoms with Crippen molar-refractivity contribution in [2.45, 2.75) is 6.92 Å². The summed E-state index contributed by atoms with van der Waals surface area (Å²) in [5.74, 6) is -0.743. The van der Waals surface area contributed by atoms with Gasteiger partial charge in [-0.25, -0.2) is 14.5 Å². The number of carbonyl (C=O) groups excluding carboxylic acids is 1. The molecule has 6 heteroatoms. The first-order valence-corrected chi connectivity index (χ1v) is 4.84. The van der Waals surface area contributed by atoms with Crippen molar-refractivity contribution in [3.63, 3.8) is 0 Å². The van der Waals surface area contributed by atoms with Crippen LogP contribution in [-0.2, 0) is 0 Å². The monoisotopic (exact) mass is 231 g/mol. The Morgan fingerprint density at radius 3 is 2.82 bits per heavy atom. The average Bonchev–Trinajstić information content (AvgIpc) is 2.71. The Kier molecular flexibility index (Phi) is 2.70. The molecule has 6 nitrogen and oxygen atoms in total. The molecule has 0 spiro atoms. The third kappa shape index (κ3) is 2.05. The number of aryl methyl sites for hydroxylation is 1. The Morgan fingerprint density at radius 1 is 1.47 bits per heavy atom. The molecular weight excluding hydrogens is 222 g/mol. The number of carboxylic acid groups (broad SMARTS) is 1. The van der Waals surface area contributed by atoms with Crippen molar-refractivity contribution < 1.29 is 14.7 Å². The van der Waals surface area contributed by atoms with Gasteiger partial charge in [-0.05, 0) is 19.1 Å². The number of rotatable bonds is 3. The predicted octanol–water partition coefficient (Wildman–Crippen LogP) is 1.09. The highest BCUT2D eigenvalue weighted by Gasteiger charge is 2.09. The molecule has 0 aliphatic heterocycles. The lowest BCUT2D eigenvalue weighted by atomic mass is 10.3. The van der Waals surface area contributed by atoms with Gasteiger partial charge in [0.2, 0.25) is 0 Å². The van der Waals surface area contributed by atoms with Gasteiger partial charge in [0.1, 0.15) is 0 Å². The quantitative estimate of drug-likeness (QED) is 0.799. The second-order valence-corrected chi connectivity index (χ2v) is 3.42. The number of aromatic nitrogens is 3. The number of nitrogens with zero attached hydrogens (tertiary/aromatic N) is 3. The first kappa shape index (κ1) is 11.0. The Morgan fingerprint density at radius 2 is 2.24 bits per heavy atom. The van der Waals surface area contributed by atoms with Crippen molar-refractivity contribution in [1.82, 2.24) is 14.8 Å².